The molecule has 4 aromatic rings. The largest absolute Gasteiger partial charge is 0.451 e. The van der Waals surface area contributed by atoms with Crippen LogP contribution in [0, 0.1) is 13.8 Å². The Balaban J connectivity index is 1.16. The van der Waals surface area contributed by atoms with Gasteiger partial charge < -0.3 is 24.9 Å². The van der Waals surface area contributed by atoms with Crippen molar-refractivity contribution in [3.8, 4) is 11.4 Å². The van der Waals surface area contributed by atoms with Crippen LogP contribution in [0.25, 0.3) is 11.4 Å². The monoisotopic (exact) mass is 488 g/mol. The topological polar surface area (TPSA) is 141 Å². The van der Waals surface area contributed by atoms with Gasteiger partial charge in [0.25, 0.3) is 0 Å². The Morgan fingerprint density at radius 3 is 2.56 bits per heavy atom. The van der Waals surface area contributed by atoms with E-state index >= 15 is 0 Å². The van der Waals surface area contributed by atoms with Gasteiger partial charge in [-0.3, -0.25) is 10.1 Å². The number of H-pyrrole nitrogens is 1. The summed E-state index contributed by atoms with van der Waals surface area (Å²) in [4.78, 5) is 34.6. The number of oxazole rings is 1. The van der Waals surface area contributed by atoms with Crippen LogP contribution in [0.3, 0.4) is 0 Å². The van der Waals surface area contributed by atoms with Crippen LogP contribution in [-0.4, -0.2) is 67.2 Å². The van der Waals surface area contributed by atoms with Crippen molar-refractivity contribution >= 4 is 23.6 Å². The van der Waals surface area contributed by atoms with Gasteiger partial charge >= 0.3 is 6.03 Å². The summed E-state index contributed by atoms with van der Waals surface area (Å²) in [6.07, 6.45) is 4.67. The number of urea groups is 1. The highest BCUT2D eigenvalue weighted by atomic mass is 16.3. The van der Waals surface area contributed by atoms with Crippen molar-refractivity contribution in [2.75, 3.05) is 36.4 Å². The predicted octanol–water partition coefficient (Wildman–Crippen LogP) is 3.20. The van der Waals surface area contributed by atoms with E-state index in [-0.39, 0.29) is 12.1 Å². The smallest absolute Gasteiger partial charge is 0.317 e. The summed E-state index contributed by atoms with van der Waals surface area (Å²) in [7, 11) is 0. The van der Waals surface area contributed by atoms with E-state index in [0.29, 0.717) is 49.5 Å². The van der Waals surface area contributed by atoms with E-state index in [2.05, 4.69) is 45.7 Å². The van der Waals surface area contributed by atoms with Crippen LogP contribution in [0.4, 0.5) is 22.4 Å². The second-order valence-electron chi connectivity index (χ2n) is 8.75. The van der Waals surface area contributed by atoms with Crippen molar-refractivity contribution in [3.63, 3.8) is 0 Å². The van der Waals surface area contributed by atoms with Crippen molar-refractivity contribution in [3.05, 3.63) is 60.1 Å². The summed E-state index contributed by atoms with van der Waals surface area (Å²) >= 11 is 0. The Bertz CT molecular complexity index is 1310. The molecule has 0 spiro atoms. The van der Waals surface area contributed by atoms with Gasteiger partial charge in [-0.2, -0.15) is 10.1 Å². The van der Waals surface area contributed by atoms with Crippen molar-refractivity contribution in [2.24, 2.45) is 0 Å². The zero-order chi connectivity index (χ0) is 25.1. The summed E-state index contributed by atoms with van der Waals surface area (Å²) < 4.78 is 5.01. The van der Waals surface area contributed by atoms with Gasteiger partial charge in [0.05, 0.1) is 11.7 Å². The lowest BCUT2D eigenvalue weighted by Crippen LogP contribution is -2.52. The van der Waals surface area contributed by atoms with Gasteiger partial charge in [-0.1, -0.05) is 6.07 Å². The molecule has 5 heterocycles. The van der Waals surface area contributed by atoms with E-state index in [1.807, 2.05) is 49.9 Å². The SMILES string of the molecule is Cc1cc(Nc2cc(C)[nH]n2)nc(N2CCN(C(=O)NC(C)c3ccc(-c4cocn4)nc3)CC2)n1. The van der Waals surface area contributed by atoms with Crippen LogP contribution in [0.5, 0.6) is 0 Å². The number of amides is 2. The molecule has 3 N–H and O–H groups in total. The molecule has 36 heavy (non-hydrogen) atoms. The summed E-state index contributed by atoms with van der Waals surface area (Å²) in [6, 6.07) is 7.30. The fourth-order valence-electron chi connectivity index (χ4n) is 3.99. The first-order chi connectivity index (χ1) is 17.4. The predicted molar refractivity (Wildman–Crippen MR) is 134 cm³/mol. The Kier molecular flexibility index (Phi) is 6.48. The molecule has 5 rings (SSSR count). The van der Waals surface area contributed by atoms with Crippen molar-refractivity contribution in [1.29, 1.82) is 0 Å². The second kappa shape index (κ2) is 10.0. The number of nitrogens with one attached hydrogen (secondary N) is 3. The van der Waals surface area contributed by atoms with Gasteiger partial charge in [0.2, 0.25) is 5.95 Å². The average Bonchev–Trinajstić information content (AvgIpc) is 3.56. The quantitative estimate of drug-likeness (QED) is 0.373. The highest BCUT2D eigenvalue weighted by molar-refractivity contribution is 5.75. The lowest BCUT2D eigenvalue weighted by Gasteiger charge is -2.35. The third-order valence-electron chi connectivity index (χ3n) is 5.98. The summed E-state index contributed by atoms with van der Waals surface area (Å²) in [5.41, 5.74) is 4.12. The number of aromatic nitrogens is 6. The average molecular weight is 489 g/mol. The lowest BCUT2D eigenvalue weighted by molar-refractivity contribution is 0.191. The summed E-state index contributed by atoms with van der Waals surface area (Å²) in [6.45, 7) is 8.24. The van der Waals surface area contributed by atoms with E-state index in [0.717, 1.165) is 22.6 Å². The van der Waals surface area contributed by atoms with E-state index in [1.165, 1.54) is 6.39 Å². The first-order valence-corrected chi connectivity index (χ1v) is 11.7. The maximum atomic E-state index is 12.9. The highest BCUT2D eigenvalue weighted by Crippen LogP contribution is 2.20. The third kappa shape index (κ3) is 5.27. The van der Waals surface area contributed by atoms with Crippen molar-refractivity contribution in [1.82, 2.24) is 40.3 Å². The van der Waals surface area contributed by atoms with E-state index < -0.39 is 0 Å². The number of piperazine rings is 1. The maximum absolute atomic E-state index is 12.9. The Morgan fingerprint density at radius 2 is 1.89 bits per heavy atom. The normalized spacial score (nSPS) is 14.5. The standard InChI is InChI=1S/C24H28N10O2/c1-15-10-21(29-22-11-16(2)31-32-22)30-23(27-15)33-6-8-34(9-7-33)24(35)28-17(3)18-4-5-19(25-12-18)20-13-36-14-26-20/h4-5,10-14,17H,6-9H2,1-3H3,(H,28,35)(H2,27,29,30,31,32). The molecule has 0 bridgehead atoms. The van der Waals surface area contributed by atoms with E-state index in [1.54, 1.807) is 12.5 Å². The third-order valence-corrected chi connectivity index (χ3v) is 5.98. The number of pyridine rings is 1. The molecule has 12 nitrogen and oxygen atoms in total. The molecule has 1 saturated heterocycles. The lowest BCUT2D eigenvalue weighted by atomic mass is 10.1. The number of hydrogen-bond acceptors (Lipinski definition) is 9. The zero-order valence-electron chi connectivity index (χ0n) is 20.4. The minimum atomic E-state index is -0.186. The van der Waals surface area contributed by atoms with Crippen LogP contribution in [0.15, 0.2) is 47.5 Å². The van der Waals surface area contributed by atoms with Crippen LogP contribution in [0.2, 0.25) is 0 Å². The minimum Gasteiger partial charge on any atom is -0.451 e. The Labute approximate surface area is 208 Å². The minimum absolute atomic E-state index is 0.107. The number of carbonyl (C=O) groups excluding carboxylic acids is 1. The van der Waals surface area contributed by atoms with Crippen molar-refractivity contribution in [2.45, 2.75) is 26.8 Å². The zero-order valence-corrected chi connectivity index (χ0v) is 20.4. The molecule has 1 aliphatic heterocycles. The number of carbonyl (C=O) groups is 1. The maximum Gasteiger partial charge on any atom is 0.317 e. The molecule has 1 atom stereocenters. The molecule has 0 saturated carbocycles. The number of nitrogens with zero attached hydrogens (tertiary/aromatic N) is 7. The fraction of sp³-hybridized carbons (Fsp3) is 0.333. The van der Waals surface area contributed by atoms with Gasteiger partial charge in [-0.05, 0) is 32.4 Å². The van der Waals surface area contributed by atoms with E-state index in [9.17, 15) is 4.79 Å². The number of aryl methyl sites for hydroxylation is 2. The van der Waals surface area contributed by atoms with Crippen LogP contribution in [-0.2, 0) is 0 Å². The van der Waals surface area contributed by atoms with Gasteiger partial charge in [-0.25, -0.2) is 14.8 Å². The molecule has 4 aromatic heterocycles. The van der Waals surface area contributed by atoms with Gasteiger partial charge in [0.1, 0.15) is 17.8 Å². The molecule has 1 fully saturated rings. The Hall–Kier alpha value is -4.48. The molecule has 0 aromatic carbocycles. The van der Waals surface area contributed by atoms with Crippen LogP contribution < -0.4 is 15.5 Å². The van der Waals surface area contributed by atoms with Gasteiger partial charge in [0.15, 0.2) is 12.2 Å². The molecule has 186 valence electrons. The molecular weight excluding hydrogens is 460 g/mol. The Morgan fingerprint density at radius 1 is 1.06 bits per heavy atom. The molecule has 1 unspecified atom stereocenters. The fourth-order valence-corrected chi connectivity index (χ4v) is 3.99. The highest BCUT2D eigenvalue weighted by Gasteiger charge is 2.24. The van der Waals surface area contributed by atoms with Gasteiger partial charge in [-0.15, -0.1) is 0 Å². The van der Waals surface area contributed by atoms with Crippen molar-refractivity contribution < 1.29 is 9.21 Å². The number of anilines is 3. The number of rotatable bonds is 6. The number of aromatic amines is 1. The van der Waals surface area contributed by atoms with E-state index in [4.69, 9.17) is 4.42 Å². The van der Waals surface area contributed by atoms with Crippen LogP contribution >= 0.6 is 0 Å². The van der Waals surface area contributed by atoms with Gasteiger partial charge in [0, 0.05) is 55.9 Å². The summed E-state index contributed by atoms with van der Waals surface area (Å²) in [5.74, 6) is 2.02. The van der Waals surface area contributed by atoms with Crippen LogP contribution in [0.1, 0.15) is 29.9 Å². The molecule has 2 amide bonds. The second-order valence-corrected chi connectivity index (χ2v) is 8.75. The number of hydrogen-bond donors (Lipinski definition) is 3. The molecule has 0 aliphatic carbocycles. The first-order valence-electron chi connectivity index (χ1n) is 11.7. The molecule has 12 heteroatoms. The first kappa shape index (κ1) is 23.3. The molecular formula is C24H28N10O2. The summed E-state index contributed by atoms with van der Waals surface area (Å²) in [5, 5.41) is 13.4. The molecule has 1 aliphatic rings. The molecule has 0 radical (unpaired) electrons.